The van der Waals surface area contributed by atoms with E-state index < -0.39 is 19.9 Å². The molecular formula is C24H30N2O5S2. The molecule has 1 saturated heterocycles. The first-order chi connectivity index (χ1) is 15.8. The van der Waals surface area contributed by atoms with Gasteiger partial charge in [0.15, 0.2) is 9.84 Å². The summed E-state index contributed by atoms with van der Waals surface area (Å²) in [5, 5.41) is 0. The summed E-state index contributed by atoms with van der Waals surface area (Å²) in [7, 11) is -7.11. The van der Waals surface area contributed by atoms with E-state index in [1.807, 2.05) is 30.3 Å². The fourth-order valence-electron chi connectivity index (χ4n) is 4.87. The standard InChI is InChI=1S/C24H30N2O5S2/c27-24(26(21-11-7-8-12-21)22-15-16-32(28,29)19-22)18-25(17-20-9-3-1-4-10-20)33(30,31)23-13-5-2-6-14-23/h1-6,9-10,13-14,21-22H,7-8,11-12,15-19H2/t22-/m1/s1. The number of carbonyl (C=O) groups is 1. The van der Waals surface area contributed by atoms with Crippen molar-refractivity contribution in [1.82, 2.24) is 9.21 Å². The number of hydrogen-bond donors (Lipinski definition) is 0. The zero-order chi connectivity index (χ0) is 23.5. The Morgan fingerprint density at radius 1 is 0.879 bits per heavy atom. The Labute approximate surface area is 196 Å². The van der Waals surface area contributed by atoms with E-state index in [0.717, 1.165) is 31.2 Å². The minimum absolute atomic E-state index is 0.0335. The zero-order valence-electron chi connectivity index (χ0n) is 18.5. The Morgan fingerprint density at radius 2 is 1.48 bits per heavy atom. The van der Waals surface area contributed by atoms with Gasteiger partial charge in [0.2, 0.25) is 15.9 Å². The van der Waals surface area contributed by atoms with Crippen molar-refractivity contribution in [3.05, 3.63) is 66.2 Å². The Morgan fingerprint density at radius 3 is 2.06 bits per heavy atom. The molecule has 0 unspecified atom stereocenters. The van der Waals surface area contributed by atoms with Crippen LogP contribution in [0.4, 0.5) is 0 Å². The van der Waals surface area contributed by atoms with Crippen LogP contribution in [0.3, 0.4) is 0 Å². The number of sulfone groups is 1. The van der Waals surface area contributed by atoms with Crippen molar-refractivity contribution in [2.45, 2.75) is 55.6 Å². The third-order valence-electron chi connectivity index (χ3n) is 6.50. The minimum atomic E-state index is -3.93. The van der Waals surface area contributed by atoms with Gasteiger partial charge >= 0.3 is 0 Å². The van der Waals surface area contributed by atoms with E-state index in [1.54, 1.807) is 23.1 Å². The number of rotatable bonds is 8. The van der Waals surface area contributed by atoms with Crippen LogP contribution in [0, 0.1) is 0 Å². The van der Waals surface area contributed by atoms with Gasteiger partial charge in [0.1, 0.15) is 0 Å². The lowest BCUT2D eigenvalue weighted by Gasteiger charge is -2.35. The molecule has 33 heavy (non-hydrogen) atoms. The molecule has 0 spiro atoms. The van der Waals surface area contributed by atoms with Gasteiger partial charge in [0.05, 0.1) is 22.9 Å². The molecule has 1 saturated carbocycles. The van der Waals surface area contributed by atoms with Gasteiger partial charge < -0.3 is 4.90 Å². The molecule has 4 rings (SSSR count). The van der Waals surface area contributed by atoms with Gasteiger partial charge in [-0.2, -0.15) is 4.31 Å². The fourth-order valence-corrected chi connectivity index (χ4v) is 7.98. The molecule has 1 atom stereocenters. The molecule has 0 radical (unpaired) electrons. The lowest BCUT2D eigenvalue weighted by Crippen LogP contribution is -2.51. The minimum Gasteiger partial charge on any atom is -0.335 e. The first-order valence-corrected chi connectivity index (χ1v) is 14.6. The van der Waals surface area contributed by atoms with Crippen LogP contribution < -0.4 is 0 Å². The van der Waals surface area contributed by atoms with Gasteiger partial charge in [-0.05, 0) is 37.0 Å². The Balaban J connectivity index is 1.64. The van der Waals surface area contributed by atoms with Crippen molar-refractivity contribution in [3.63, 3.8) is 0 Å². The largest absolute Gasteiger partial charge is 0.335 e. The van der Waals surface area contributed by atoms with Crippen LogP contribution in [0.25, 0.3) is 0 Å². The van der Waals surface area contributed by atoms with Gasteiger partial charge in [-0.3, -0.25) is 4.79 Å². The van der Waals surface area contributed by atoms with E-state index in [2.05, 4.69) is 0 Å². The summed E-state index contributed by atoms with van der Waals surface area (Å²) in [6.07, 6.45) is 4.04. The SMILES string of the molecule is O=C(CN(Cc1ccccc1)S(=O)(=O)c1ccccc1)N(C1CCCC1)[C@@H]1CCS(=O)(=O)C1. The Hall–Kier alpha value is -2.23. The van der Waals surface area contributed by atoms with Crippen molar-refractivity contribution >= 4 is 25.8 Å². The molecule has 2 fully saturated rings. The van der Waals surface area contributed by atoms with Crippen molar-refractivity contribution < 1.29 is 21.6 Å². The molecule has 7 nitrogen and oxygen atoms in total. The highest BCUT2D eigenvalue weighted by Crippen LogP contribution is 2.30. The Kier molecular flexibility index (Phi) is 7.21. The summed E-state index contributed by atoms with van der Waals surface area (Å²) < 4.78 is 52.5. The average molecular weight is 491 g/mol. The second kappa shape index (κ2) is 9.95. The summed E-state index contributed by atoms with van der Waals surface area (Å²) in [6, 6.07) is 16.9. The van der Waals surface area contributed by atoms with Crippen LogP contribution in [-0.4, -0.2) is 62.1 Å². The smallest absolute Gasteiger partial charge is 0.243 e. The van der Waals surface area contributed by atoms with Crippen LogP contribution in [0.2, 0.25) is 0 Å². The molecule has 2 aromatic rings. The van der Waals surface area contributed by atoms with Crippen LogP contribution in [0.15, 0.2) is 65.6 Å². The molecule has 1 aliphatic heterocycles. The molecule has 178 valence electrons. The van der Waals surface area contributed by atoms with Crippen molar-refractivity contribution in [2.75, 3.05) is 18.1 Å². The molecule has 9 heteroatoms. The Bertz CT molecular complexity index is 1160. The van der Waals surface area contributed by atoms with E-state index in [4.69, 9.17) is 0 Å². The lowest BCUT2D eigenvalue weighted by atomic mass is 10.1. The summed E-state index contributed by atoms with van der Waals surface area (Å²) in [5.41, 5.74) is 0.778. The molecule has 1 amide bonds. The topological polar surface area (TPSA) is 91.8 Å². The number of carbonyl (C=O) groups excluding carboxylic acids is 1. The highest BCUT2D eigenvalue weighted by atomic mass is 32.2. The lowest BCUT2D eigenvalue weighted by molar-refractivity contribution is -0.136. The highest BCUT2D eigenvalue weighted by molar-refractivity contribution is 7.91. The number of nitrogens with zero attached hydrogens (tertiary/aromatic N) is 2. The van der Waals surface area contributed by atoms with E-state index in [1.165, 1.54) is 16.4 Å². The normalized spacial score (nSPS) is 20.8. The van der Waals surface area contributed by atoms with E-state index in [-0.39, 0.29) is 47.5 Å². The monoisotopic (exact) mass is 490 g/mol. The third kappa shape index (κ3) is 5.65. The predicted molar refractivity (Wildman–Crippen MR) is 127 cm³/mol. The van der Waals surface area contributed by atoms with E-state index in [0.29, 0.717) is 6.42 Å². The molecular weight excluding hydrogens is 460 g/mol. The molecule has 0 N–H and O–H groups in total. The van der Waals surface area contributed by atoms with Gasteiger partial charge in [-0.1, -0.05) is 61.4 Å². The molecule has 2 aromatic carbocycles. The zero-order valence-corrected chi connectivity index (χ0v) is 20.2. The van der Waals surface area contributed by atoms with Crippen molar-refractivity contribution in [1.29, 1.82) is 0 Å². The van der Waals surface area contributed by atoms with E-state index >= 15 is 0 Å². The molecule has 1 aliphatic carbocycles. The molecule has 0 bridgehead atoms. The first-order valence-electron chi connectivity index (χ1n) is 11.4. The number of hydrogen-bond acceptors (Lipinski definition) is 5. The van der Waals surface area contributed by atoms with Crippen LogP contribution >= 0.6 is 0 Å². The molecule has 1 heterocycles. The van der Waals surface area contributed by atoms with Crippen molar-refractivity contribution in [3.8, 4) is 0 Å². The first kappa shape index (κ1) is 23.9. The molecule has 2 aliphatic rings. The number of sulfonamides is 1. The third-order valence-corrected chi connectivity index (χ3v) is 10.1. The van der Waals surface area contributed by atoms with Crippen LogP contribution in [-0.2, 0) is 31.2 Å². The van der Waals surface area contributed by atoms with Crippen LogP contribution in [0.5, 0.6) is 0 Å². The summed E-state index contributed by atoms with van der Waals surface area (Å²) >= 11 is 0. The highest BCUT2D eigenvalue weighted by Gasteiger charge is 2.40. The summed E-state index contributed by atoms with van der Waals surface area (Å²) in [4.78, 5) is 15.5. The fraction of sp³-hybridized carbons (Fsp3) is 0.458. The van der Waals surface area contributed by atoms with E-state index in [9.17, 15) is 21.6 Å². The number of benzene rings is 2. The van der Waals surface area contributed by atoms with Gasteiger partial charge in [0.25, 0.3) is 0 Å². The maximum atomic E-state index is 13.6. The maximum absolute atomic E-state index is 13.6. The number of amides is 1. The summed E-state index contributed by atoms with van der Waals surface area (Å²) in [6.45, 7) is -0.259. The van der Waals surface area contributed by atoms with Gasteiger partial charge in [0, 0.05) is 18.6 Å². The second-order valence-electron chi connectivity index (χ2n) is 8.87. The maximum Gasteiger partial charge on any atom is 0.243 e. The summed E-state index contributed by atoms with van der Waals surface area (Å²) in [5.74, 6) is -0.289. The quantitative estimate of drug-likeness (QED) is 0.567. The average Bonchev–Trinajstić information content (AvgIpc) is 3.45. The van der Waals surface area contributed by atoms with Gasteiger partial charge in [-0.15, -0.1) is 0 Å². The van der Waals surface area contributed by atoms with Gasteiger partial charge in [-0.25, -0.2) is 16.8 Å². The predicted octanol–water partition coefficient (Wildman–Crippen LogP) is 2.84. The van der Waals surface area contributed by atoms with Crippen molar-refractivity contribution in [2.24, 2.45) is 0 Å². The second-order valence-corrected chi connectivity index (χ2v) is 13.0. The van der Waals surface area contributed by atoms with Crippen LogP contribution in [0.1, 0.15) is 37.7 Å². The molecule has 0 aromatic heterocycles.